The van der Waals surface area contributed by atoms with Crippen molar-refractivity contribution >= 4 is 35.1 Å². The molecule has 1 fully saturated rings. The maximum atomic E-state index is 12.6. The fourth-order valence-corrected chi connectivity index (χ4v) is 3.37. The number of halogens is 2. The molecule has 0 amide bonds. The van der Waals surface area contributed by atoms with Gasteiger partial charge in [0.2, 0.25) is 11.5 Å². The Kier molecular flexibility index (Phi) is 3.40. The zero-order chi connectivity index (χ0) is 15.2. The van der Waals surface area contributed by atoms with Crippen molar-refractivity contribution in [3.63, 3.8) is 0 Å². The number of hydrogen-bond acceptors (Lipinski definition) is 2. The van der Waals surface area contributed by atoms with Gasteiger partial charge in [0.05, 0.1) is 0 Å². The zero-order valence-corrected chi connectivity index (χ0v) is 12.4. The number of allylic oxidation sites excluding steroid dienone is 3. The summed E-state index contributed by atoms with van der Waals surface area (Å²) in [6, 6.07) is 6.55. The predicted octanol–water partition coefficient (Wildman–Crippen LogP) is 3.38. The molecule has 1 aromatic rings. The highest BCUT2D eigenvalue weighted by atomic mass is 35.5. The summed E-state index contributed by atoms with van der Waals surface area (Å²) in [5.74, 6) is -1.75. The van der Waals surface area contributed by atoms with Crippen molar-refractivity contribution in [3.05, 3.63) is 58.4 Å². The highest BCUT2D eigenvalue weighted by molar-refractivity contribution is 6.30. The number of fused-ring (bicyclic) bond motifs is 1. The van der Waals surface area contributed by atoms with Crippen molar-refractivity contribution in [3.8, 4) is 0 Å². The lowest BCUT2D eigenvalue weighted by Gasteiger charge is -2.23. The molecular formula is C15H12Cl2NO3+. The summed E-state index contributed by atoms with van der Waals surface area (Å²) < 4.78 is -0.224. The minimum absolute atomic E-state index is 0.209. The standard InChI is InChI=1S/C15H11Cl2NO3/c16-10-3-1-9(2-4-10)14(19)13-6-5-12-11(15(20)21)7-8-18(12,13)17/h1-6,11H,7-8H2/p+1. The molecule has 1 aromatic carbocycles. The number of aliphatic carboxylic acids is 1. The molecule has 2 heterocycles. The number of rotatable bonds is 3. The van der Waals surface area contributed by atoms with E-state index < -0.39 is 11.9 Å². The molecule has 108 valence electrons. The fraction of sp³-hybridized carbons (Fsp3) is 0.200. The van der Waals surface area contributed by atoms with Gasteiger partial charge in [0.15, 0.2) is 11.8 Å². The Bertz CT molecular complexity index is 693. The average Bonchev–Trinajstić information content (AvgIpc) is 2.93. The van der Waals surface area contributed by atoms with Crippen molar-refractivity contribution in [2.24, 2.45) is 5.92 Å². The molecule has 3 rings (SSSR count). The van der Waals surface area contributed by atoms with E-state index in [4.69, 9.17) is 23.4 Å². The molecule has 4 nitrogen and oxygen atoms in total. The van der Waals surface area contributed by atoms with Crippen LogP contribution in [-0.4, -0.2) is 27.4 Å². The van der Waals surface area contributed by atoms with E-state index >= 15 is 0 Å². The first-order valence-electron chi connectivity index (χ1n) is 6.47. The van der Waals surface area contributed by atoms with E-state index in [1.165, 1.54) is 0 Å². The zero-order valence-electron chi connectivity index (χ0n) is 10.9. The third-order valence-corrected chi connectivity index (χ3v) is 4.72. The third-order valence-electron chi connectivity index (χ3n) is 3.92. The maximum Gasteiger partial charge on any atom is 0.316 e. The number of Topliss-reactive ketones (excluding diaryl/α,β-unsaturated/α-hetero) is 1. The van der Waals surface area contributed by atoms with Gasteiger partial charge in [-0.2, -0.15) is 4.00 Å². The molecule has 2 aliphatic heterocycles. The highest BCUT2D eigenvalue weighted by Crippen LogP contribution is 2.46. The summed E-state index contributed by atoms with van der Waals surface area (Å²) >= 11 is 12.4. The van der Waals surface area contributed by atoms with Crippen LogP contribution in [-0.2, 0) is 4.79 Å². The lowest BCUT2D eigenvalue weighted by atomic mass is 10.1. The van der Waals surface area contributed by atoms with Crippen molar-refractivity contribution in [1.29, 1.82) is 0 Å². The second-order valence-corrected chi connectivity index (χ2v) is 6.11. The van der Waals surface area contributed by atoms with Gasteiger partial charge in [-0.05, 0) is 24.3 Å². The molecule has 0 saturated carbocycles. The quantitative estimate of drug-likeness (QED) is 0.685. The molecule has 0 aliphatic carbocycles. The third kappa shape index (κ3) is 2.20. The van der Waals surface area contributed by atoms with Gasteiger partial charge in [-0.25, -0.2) is 0 Å². The van der Waals surface area contributed by atoms with Gasteiger partial charge in [0.25, 0.3) is 0 Å². The summed E-state index contributed by atoms with van der Waals surface area (Å²) in [5.41, 5.74) is 1.43. The highest BCUT2D eigenvalue weighted by Gasteiger charge is 2.54. The SMILES string of the molecule is O=C(C1=CC=C2C(C(=O)O)CC[N+]12Cl)c1ccc(Cl)cc1. The minimum atomic E-state index is -0.907. The van der Waals surface area contributed by atoms with Crippen molar-refractivity contribution in [2.75, 3.05) is 6.54 Å². The van der Waals surface area contributed by atoms with E-state index in [-0.39, 0.29) is 9.79 Å². The molecule has 2 atom stereocenters. The Hall–Kier alpha value is -1.62. The minimum Gasteiger partial charge on any atom is -0.481 e. The first-order valence-corrected chi connectivity index (χ1v) is 7.19. The monoisotopic (exact) mass is 324 g/mol. The number of hydrogen-bond donors (Lipinski definition) is 1. The summed E-state index contributed by atoms with van der Waals surface area (Å²) in [6.07, 6.45) is 3.70. The molecule has 2 aliphatic rings. The molecule has 21 heavy (non-hydrogen) atoms. The van der Waals surface area contributed by atoms with E-state index in [2.05, 4.69) is 0 Å². The van der Waals surface area contributed by atoms with Crippen LogP contribution in [0.4, 0.5) is 0 Å². The van der Waals surface area contributed by atoms with E-state index in [0.717, 1.165) is 0 Å². The second kappa shape index (κ2) is 4.98. The summed E-state index contributed by atoms with van der Waals surface area (Å²) in [4.78, 5) is 23.8. The molecular weight excluding hydrogens is 313 g/mol. The Balaban J connectivity index is 1.91. The molecule has 0 spiro atoms. The van der Waals surface area contributed by atoms with Crippen LogP contribution >= 0.6 is 23.4 Å². The Morgan fingerprint density at radius 3 is 2.48 bits per heavy atom. The van der Waals surface area contributed by atoms with Crippen LogP contribution in [0.25, 0.3) is 0 Å². The van der Waals surface area contributed by atoms with Crippen LogP contribution in [0.15, 0.2) is 47.8 Å². The Labute approximate surface area is 131 Å². The number of benzene rings is 1. The predicted molar refractivity (Wildman–Crippen MR) is 78.7 cm³/mol. The van der Waals surface area contributed by atoms with Gasteiger partial charge >= 0.3 is 5.97 Å². The van der Waals surface area contributed by atoms with Gasteiger partial charge in [-0.3, -0.25) is 9.59 Å². The van der Waals surface area contributed by atoms with Crippen molar-refractivity contribution in [2.45, 2.75) is 6.42 Å². The normalized spacial score (nSPS) is 27.0. The second-order valence-electron chi connectivity index (χ2n) is 5.10. The van der Waals surface area contributed by atoms with E-state index in [9.17, 15) is 14.7 Å². The van der Waals surface area contributed by atoms with E-state index in [0.29, 0.717) is 34.9 Å². The van der Waals surface area contributed by atoms with Crippen LogP contribution in [0, 0.1) is 5.92 Å². The molecule has 6 heteroatoms. The van der Waals surface area contributed by atoms with Crippen LogP contribution in [0.5, 0.6) is 0 Å². The number of quaternary nitrogens is 1. The topological polar surface area (TPSA) is 54.4 Å². The van der Waals surface area contributed by atoms with Gasteiger partial charge in [0, 0.05) is 29.2 Å². The van der Waals surface area contributed by atoms with Crippen molar-refractivity contribution in [1.82, 2.24) is 0 Å². The molecule has 0 bridgehead atoms. The number of ketones is 1. The number of carbonyl (C=O) groups excluding carboxylic acids is 1. The fourth-order valence-electron chi connectivity index (χ4n) is 2.84. The van der Waals surface area contributed by atoms with E-state index in [1.54, 1.807) is 36.4 Å². The lowest BCUT2D eigenvalue weighted by molar-refractivity contribution is -0.713. The van der Waals surface area contributed by atoms with Crippen molar-refractivity contribution < 1.29 is 18.7 Å². The van der Waals surface area contributed by atoms with Gasteiger partial charge < -0.3 is 5.11 Å². The number of carboxylic acid groups (broad SMARTS) is 1. The number of nitrogens with zero attached hydrogens (tertiary/aromatic N) is 1. The lowest BCUT2D eigenvalue weighted by Crippen LogP contribution is -2.34. The van der Waals surface area contributed by atoms with E-state index in [1.807, 2.05) is 0 Å². The first-order chi connectivity index (χ1) is 9.93. The number of carboxylic acids is 1. The largest absolute Gasteiger partial charge is 0.481 e. The smallest absolute Gasteiger partial charge is 0.316 e. The molecule has 1 N–H and O–H groups in total. The number of carbonyl (C=O) groups is 2. The van der Waals surface area contributed by atoms with Gasteiger partial charge in [-0.15, -0.1) is 0 Å². The van der Waals surface area contributed by atoms with Gasteiger partial charge in [-0.1, -0.05) is 11.6 Å². The van der Waals surface area contributed by atoms with Crippen LogP contribution in [0.2, 0.25) is 5.02 Å². The van der Waals surface area contributed by atoms with Crippen LogP contribution in [0.1, 0.15) is 16.8 Å². The summed E-state index contributed by atoms with van der Waals surface area (Å²) in [6.45, 7) is 0.398. The molecule has 0 aromatic heterocycles. The summed E-state index contributed by atoms with van der Waals surface area (Å²) in [7, 11) is 0. The first kappa shape index (κ1) is 14.3. The maximum absolute atomic E-state index is 12.6. The Morgan fingerprint density at radius 2 is 1.86 bits per heavy atom. The molecule has 2 unspecified atom stereocenters. The molecule has 0 radical (unpaired) electrons. The van der Waals surface area contributed by atoms with Gasteiger partial charge in [0.1, 0.15) is 18.2 Å². The average molecular weight is 325 g/mol. The summed E-state index contributed by atoms with van der Waals surface area (Å²) in [5, 5.41) is 9.76. The Morgan fingerprint density at radius 1 is 1.19 bits per heavy atom. The molecule has 1 saturated heterocycles. The van der Waals surface area contributed by atoms with Crippen LogP contribution < -0.4 is 0 Å². The van der Waals surface area contributed by atoms with Crippen LogP contribution in [0.3, 0.4) is 0 Å².